The lowest BCUT2D eigenvalue weighted by Crippen LogP contribution is -2.26. The summed E-state index contributed by atoms with van der Waals surface area (Å²) >= 11 is 0. The molecule has 132 valence electrons. The molecule has 0 spiro atoms. The second-order valence-corrected chi connectivity index (χ2v) is 6.74. The van der Waals surface area contributed by atoms with Gasteiger partial charge in [0.25, 0.3) is 0 Å². The topological polar surface area (TPSA) is 46.6 Å². The van der Waals surface area contributed by atoms with E-state index in [0.717, 1.165) is 55.1 Å². The highest BCUT2D eigenvalue weighted by atomic mass is 15.1. The predicted octanol–water partition coefficient (Wildman–Crippen LogP) is 4.51. The summed E-state index contributed by atoms with van der Waals surface area (Å²) in [4.78, 5) is 7.43. The van der Waals surface area contributed by atoms with Gasteiger partial charge in [0.05, 0.1) is 11.4 Å². The molecule has 0 amide bonds. The monoisotopic (exact) mass is 336 g/mol. The summed E-state index contributed by atoms with van der Waals surface area (Å²) in [6.45, 7) is 9.70. The van der Waals surface area contributed by atoms with Gasteiger partial charge >= 0.3 is 0 Å². The highest BCUT2D eigenvalue weighted by Crippen LogP contribution is 2.27. The van der Waals surface area contributed by atoms with Crippen molar-refractivity contribution in [2.45, 2.75) is 40.2 Å². The third-order valence-electron chi connectivity index (χ3n) is 4.48. The number of benzene rings is 1. The Morgan fingerprint density at radius 1 is 1.08 bits per heavy atom. The van der Waals surface area contributed by atoms with Gasteiger partial charge in [-0.3, -0.25) is 4.90 Å². The highest BCUT2D eigenvalue weighted by Gasteiger charge is 2.17. The van der Waals surface area contributed by atoms with E-state index in [4.69, 9.17) is 10.7 Å². The molecule has 2 N–H and O–H groups in total. The number of rotatable bonds is 7. The normalized spacial score (nSPS) is 11.5. The maximum atomic E-state index is 6.02. The Hall–Kier alpha value is -2.33. The van der Waals surface area contributed by atoms with Crippen molar-refractivity contribution in [1.29, 1.82) is 0 Å². The minimum absolute atomic E-state index is 0.774. The van der Waals surface area contributed by atoms with Crippen molar-refractivity contribution in [1.82, 2.24) is 14.3 Å². The van der Waals surface area contributed by atoms with Crippen LogP contribution in [-0.4, -0.2) is 27.4 Å². The van der Waals surface area contributed by atoms with Crippen LogP contribution in [0.25, 0.3) is 16.9 Å². The molecule has 0 fully saturated rings. The SMILES string of the molecule is CCCN(CCC)Cc1c(-c2cccc(N)c2)nc2ccc(C)cn12. The third-order valence-corrected chi connectivity index (χ3v) is 4.48. The maximum absolute atomic E-state index is 6.02. The Labute approximate surface area is 150 Å². The summed E-state index contributed by atoms with van der Waals surface area (Å²) in [5.41, 5.74) is 12.4. The number of nitrogens with two attached hydrogens (primary N) is 1. The van der Waals surface area contributed by atoms with Crippen molar-refractivity contribution >= 4 is 11.3 Å². The first-order valence-corrected chi connectivity index (χ1v) is 9.18. The second-order valence-electron chi connectivity index (χ2n) is 6.74. The van der Waals surface area contributed by atoms with Crippen LogP contribution in [0, 0.1) is 6.92 Å². The third kappa shape index (κ3) is 3.85. The van der Waals surface area contributed by atoms with Gasteiger partial charge < -0.3 is 10.1 Å². The maximum Gasteiger partial charge on any atom is 0.137 e. The van der Waals surface area contributed by atoms with E-state index >= 15 is 0 Å². The molecule has 2 aromatic heterocycles. The molecule has 0 saturated carbocycles. The van der Waals surface area contributed by atoms with Gasteiger partial charge in [0, 0.05) is 24.0 Å². The molecule has 0 atom stereocenters. The molecule has 2 heterocycles. The van der Waals surface area contributed by atoms with E-state index in [0.29, 0.717) is 0 Å². The number of fused-ring (bicyclic) bond motifs is 1. The molecule has 0 unspecified atom stereocenters. The lowest BCUT2D eigenvalue weighted by molar-refractivity contribution is 0.263. The number of aryl methyl sites for hydroxylation is 1. The van der Waals surface area contributed by atoms with Crippen LogP contribution < -0.4 is 5.73 Å². The van der Waals surface area contributed by atoms with Crippen molar-refractivity contribution in [3.05, 3.63) is 53.9 Å². The molecule has 0 bridgehead atoms. The van der Waals surface area contributed by atoms with Crippen molar-refractivity contribution < 1.29 is 0 Å². The summed E-state index contributed by atoms with van der Waals surface area (Å²) in [7, 11) is 0. The molecule has 0 radical (unpaired) electrons. The van der Waals surface area contributed by atoms with Crippen LogP contribution in [0.15, 0.2) is 42.6 Å². The molecule has 1 aromatic carbocycles. The van der Waals surface area contributed by atoms with Gasteiger partial charge in [-0.1, -0.05) is 32.0 Å². The average Bonchev–Trinajstić information content (AvgIpc) is 2.93. The number of hydrogen-bond donors (Lipinski definition) is 1. The van der Waals surface area contributed by atoms with Crippen molar-refractivity contribution in [2.75, 3.05) is 18.8 Å². The molecule has 0 saturated heterocycles. The van der Waals surface area contributed by atoms with Gasteiger partial charge in [0.15, 0.2) is 0 Å². The number of imidazole rings is 1. The molecule has 4 heteroatoms. The van der Waals surface area contributed by atoms with Crippen molar-refractivity contribution in [3.8, 4) is 11.3 Å². The summed E-state index contributed by atoms with van der Waals surface area (Å²) in [5, 5.41) is 0. The van der Waals surface area contributed by atoms with E-state index in [-0.39, 0.29) is 0 Å². The molecule has 25 heavy (non-hydrogen) atoms. The summed E-state index contributed by atoms with van der Waals surface area (Å²) < 4.78 is 2.24. The van der Waals surface area contributed by atoms with Crippen LogP contribution in [0.2, 0.25) is 0 Å². The van der Waals surface area contributed by atoms with Crippen LogP contribution in [-0.2, 0) is 6.54 Å². The zero-order valence-corrected chi connectivity index (χ0v) is 15.5. The smallest absolute Gasteiger partial charge is 0.137 e. The van der Waals surface area contributed by atoms with Gasteiger partial charge in [0.2, 0.25) is 0 Å². The number of pyridine rings is 1. The van der Waals surface area contributed by atoms with E-state index in [1.165, 1.54) is 11.3 Å². The molecule has 0 aliphatic heterocycles. The van der Waals surface area contributed by atoms with Crippen LogP contribution in [0.1, 0.15) is 37.9 Å². The number of aromatic nitrogens is 2. The standard InChI is InChI=1S/C21H28N4/c1-4-11-24(12-5-2)15-19-21(17-7-6-8-18(22)13-17)23-20-10-9-16(3)14-25(19)20/h6-10,13-14H,4-5,11-12,15,22H2,1-3H3. The van der Waals surface area contributed by atoms with Crippen LogP contribution in [0.3, 0.4) is 0 Å². The van der Waals surface area contributed by atoms with Gasteiger partial charge in [-0.05, 0) is 56.6 Å². The molecule has 3 rings (SSSR count). The molecular formula is C21H28N4. The Bertz CT molecular complexity index is 844. The first-order valence-electron chi connectivity index (χ1n) is 9.18. The van der Waals surface area contributed by atoms with Gasteiger partial charge in [-0.15, -0.1) is 0 Å². The zero-order valence-electron chi connectivity index (χ0n) is 15.5. The van der Waals surface area contributed by atoms with Crippen LogP contribution >= 0.6 is 0 Å². The fourth-order valence-electron chi connectivity index (χ4n) is 3.38. The number of nitrogens with zero attached hydrogens (tertiary/aromatic N) is 3. The molecule has 0 aliphatic rings. The summed E-state index contributed by atoms with van der Waals surface area (Å²) in [6.07, 6.45) is 4.50. The highest BCUT2D eigenvalue weighted by molar-refractivity contribution is 5.69. The number of hydrogen-bond acceptors (Lipinski definition) is 3. The fourth-order valence-corrected chi connectivity index (χ4v) is 3.38. The second kappa shape index (κ2) is 7.70. The number of anilines is 1. The predicted molar refractivity (Wildman–Crippen MR) is 106 cm³/mol. The fraction of sp³-hybridized carbons (Fsp3) is 0.381. The first-order chi connectivity index (χ1) is 12.1. The largest absolute Gasteiger partial charge is 0.399 e. The Morgan fingerprint density at radius 2 is 1.84 bits per heavy atom. The lowest BCUT2D eigenvalue weighted by Gasteiger charge is -2.21. The zero-order chi connectivity index (χ0) is 17.8. The van der Waals surface area contributed by atoms with Gasteiger partial charge in [0.1, 0.15) is 5.65 Å². The minimum Gasteiger partial charge on any atom is -0.399 e. The van der Waals surface area contributed by atoms with Crippen molar-refractivity contribution in [3.63, 3.8) is 0 Å². The Morgan fingerprint density at radius 3 is 2.52 bits per heavy atom. The van der Waals surface area contributed by atoms with E-state index in [1.807, 2.05) is 18.2 Å². The van der Waals surface area contributed by atoms with Crippen LogP contribution in [0.5, 0.6) is 0 Å². The van der Waals surface area contributed by atoms with E-state index in [2.05, 4.69) is 54.5 Å². The molecular weight excluding hydrogens is 308 g/mol. The summed E-state index contributed by atoms with van der Waals surface area (Å²) in [5.74, 6) is 0. The number of nitrogen functional groups attached to an aromatic ring is 1. The van der Waals surface area contributed by atoms with E-state index < -0.39 is 0 Å². The average molecular weight is 336 g/mol. The lowest BCUT2D eigenvalue weighted by atomic mass is 10.1. The Balaban J connectivity index is 2.12. The van der Waals surface area contributed by atoms with Gasteiger partial charge in [-0.2, -0.15) is 0 Å². The molecule has 3 aromatic rings. The summed E-state index contributed by atoms with van der Waals surface area (Å²) in [6, 6.07) is 12.2. The quantitative estimate of drug-likeness (QED) is 0.646. The Kier molecular flexibility index (Phi) is 5.39. The van der Waals surface area contributed by atoms with Crippen molar-refractivity contribution in [2.24, 2.45) is 0 Å². The minimum atomic E-state index is 0.774. The van der Waals surface area contributed by atoms with E-state index in [1.54, 1.807) is 0 Å². The molecule has 4 nitrogen and oxygen atoms in total. The molecule has 0 aliphatic carbocycles. The van der Waals surface area contributed by atoms with Gasteiger partial charge in [-0.25, -0.2) is 4.98 Å². The first kappa shape index (κ1) is 17.5. The van der Waals surface area contributed by atoms with E-state index in [9.17, 15) is 0 Å². The van der Waals surface area contributed by atoms with Crippen LogP contribution in [0.4, 0.5) is 5.69 Å².